The number of ketones is 1. The molecular formula is C30H27ClN4O5S. The molecule has 0 aromatic heterocycles. The molecule has 1 aliphatic heterocycles. The number of benzene rings is 4. The molecule has 1 saturated heterocycles. The minimum absolute atomic E-state index is 0.228. The Hall–Kier alpha value is -4.09. The second-order valence-corrected chi connectivity index (χ2v) is 12.0. The molecule has 0 saturated carbocycles. The van der Waals surface area contributed by atoms with E-state index < -0.39 is 36.9 Å². The standard InChI is InChI=1S/C30H27ClN4O5S/c1-30(26-8-4-2-6-23(26)20-10-12-21(31)13-11-20)19-33-16-17-34(30)27-9-5-3-7-24(27)29(36)25-15-14-22(41(32,39)40)18-28(25)35(37)38/h2-15,18,33H,16-17,19H2,1H3,(H2,32,39,40). The lowest BCUT2D eigenvalue weighted by Gasteiger charge is -2.48. The predicted molar refractivity (Wildman–Crippen MR) is 159 cm³/mol. The molecule has 0 aliphatic carbocycles. The Morgan fingerprint density at radius 3 is 2.39 bits per heavy atom. The first-order valence-corrected chi connectivity index (χ1v) is 14.7. The van der Waals surface area contributed by atoms with E-state index in [9.17, 15) is 23.3 Å². The molecule has 41 heavy (non-hydrogen) atoms. The first-order chi connectivity index (χ1) is 19.5. The maximum absolute atomic E-state index is 13.9. The Balaban J connectivity index is 1.64. The van der Waals surface area contributed by atoms with Crippen molar-refractivity contribution in [2.45, 2.75) is 17.4 Å². The van der Waals surface area contributed by atoms with Gasteiger partial charge in [0.25, 0.3) is 5.69 Å². The van der Waals surface area contributed by atoms with Gasteiger partial charge in [0.1, 0.15) is 5.56 Å². The molecule has 0 radical (unpaired) electrons. The van der Waals surface area contributed by atoms with Gasteiger partial charge < -0.3 is 10.2 Å². The third kappa shape index (κ3) is 5.47. The first-order valence-electron chi connectivity index (χ1n) is 12.8. The average molecular weight is 591 g/mol. The number of primary sulfonamides is 1. The van der Waals surface area contributed by atoms with E-state index in [2.05, 4.69) is 23.2 Å². The molecule has 0 amide bonds. The Morgan fingerprint density at radius 2 is 1.68 bits per heavy atom. The number of nitrogens with one attached hydrogen (secondary N) is 1. The Bertz CT molecular complexity index is 1760. The van der Waals surface area contributed by atoms with Gasteiger partial charge in [0.15, 0.2) is 0 Å². The number of nitro groups is 1. The van der Waals surface area contributed by atoms with E-state index in [1.807, 2.05) is 54.6 Å². The van der Waals surface area contributed by atoms with Crippen LogP contribution in [-0.4, -0.2) is 38.8 Å². The third-order valence-corrected chi connectivity index (χ3v) is 8.58. The lowest BCUT2D eigenvalue weighted by atomic mass is 9.82. The van der Waals surface area contributed by atoms with Crippen molar-refractivity contribution in [3.63, 3.8) is 0 Å². The number of carbonyl (C=O) groups is 1. The molecule has 3 N–H and O–H groups in total. The zero-order chi connectivity index (χ0) is 29.4. The van der Waals surface area contributed by atoms with Gasteiger partial charge in [-0.3, -0.25) is 14.9 Å². The van der Waals surface area contributed by atoms with E-state index in [-0.39, 0.29) is 11.1 Å². The van der Waals surface area contributed by atoms with Crippen LogP contribution >= 0.6 is 11.6 Å². The molecule has 1 heterocycles. The monoisotopic (exact) mass is 590 g/mol. The number of carbonyl (C=O) groups excluding carboxylic acids is 1. The number of hydrogen-bond acceptors (Lipinski definition) is 7. The molecule has 0 bridgehead atoms. The van der Waals surface area contributed by atoms with Gasteiger partial charge in [-0.1, -0.05) is 60.1 Å². The van der Waals surface area contributed by atoms with Gasteiger partial charge in [0.05, 0.1) is 15.4 Å². The maximum Gasteiger partial charge on any atom is 0.281 e. The van der Waals surface area contributed by atoms with Gasteiger partial charge in [0.2, 0.25) is 15.8 Å². The number of nitrogens with two attached hydrogens (primary N) is 1. The van der Waals surface area contributed by atoms with Gasteiger partial charge in [-0.2, -0.15) is 0 Å². The summed E-state index contributed by atoms with van der Waals surface area (Å²) in [6, 6.07) is 25.7. The summed E-state index contributed by atoms with van der Waals surface area (Å²) in [6.45, 7) is 3.88. The summed E-state index contributed by atoms with van der Waals surface area (Å²) >= 11 is 6.15. The van der Waals surface area contributed by atoms with E-state index in [0.717, 1.165) is 34.9 Å². The zero-order valence-electron chi connectivity index (χ0n) is 22.1. The summed E-state index contributed by atoms with van der Waals surface area (Å²) in [6.07, 6.45) is 0. The number of para-hydroxylation sites is 1. The number of piperazine rings is 1. The van der Waals surface area contributed by atoms with Crippen LogP contribution in [0.25, 0.3) is 11.1 Å². The predicted octanol–water partition coefficient (Wildman–Crippen LogP) is 5.12. The van der Waals surface area contributed by atoms with Crippen LogP contribution in [0.4, 0.5) is 11.4 Å². The fourth-order valence-electron chi connectivity index (χ4n) is 5.40. The van der Waals surface area contributed by atoms with Crippen LogP contribution in [0, 0.1) is 10.1 Å². The summed E-state index contributed by atoms with van der Waals surface area (Å²) < 4.78 is 23.6. The molecule has 1 aliphatic rings. The summed E-state index contributed by atoms with van der Waals surface area (Å²) in [5, 5.41) is 21.2. The van der Waals surface area contributed by atoms with Crippen molar-refractivity contribution in [1.29, 1.82) is 0 Å². The van der Waals surface area contributed by atoms with Crippen LogP contribution in [0.15, 0.2) is 95.9 Å². The molecular weight excluding hydrogens is 564 g/mol. The largest absolute Gasteiger partial charge is 0.359 e. The molecule has 1 unspecified atom stereocenters. The molecule has 9 nitrogen and oxygen atoms in total. The number of sulfonamides is 1. The van der Waals surface area contributed by atoms with Crippen LogP contribution in [0.2, 0.25) is 5.02 Å². The van der Waals surface area contributed by atoms with Gasteiger partial charge in [-0.05, 0) is 60.0 Å². The summed E-state index contributed by atoms with van der Waals surface area (Å²) in [7, 11) is -4.20. The van der Waals surface area contributed by atoms with Crippen molar-refractivity contribution in [1.82, 2.24) is 5.32 Å². The highest BCUT2D eigenvalue weighted by atomic mass is 35.5. The van der Waals surface area contributed by atoms with Crippen molar-refractivity contribution in [2.75, 3.05) is 24.5 Å². The normalized spacial score (nSPS) is 17.3. The minimum atomic E-state index is -4.20. The summed E-state index contributed by atoms with van der Waals surface area (Å²) in [5.74, 6) is -0.597. The van der Waals surface area contributed by atoms with Gasteiger partial charge in [0, 0.05) is 42.0 Å². The molecule has 11 heteroatoms. The lowest BCUT2D eigenvalue weighted by molar-refractivity contribution is -0.385. The van der Waals surface area contributed by atoms with Crippen LogP contribution < -0.4 is 15.4 Å². The fourth-order valence-corrected chi connectivity index (χ4v) is 6.06. The van der Waals surface area contributed by atoms with Crippen molar-refractivity contribution < 1.29 is 18.1 Å². The van der Waals surface area contributed by atoms with E-state index in [1.54, 1.807) is 12.1 Å². The molecule has 210 valence electrons. The van der Waals surface area contributed by atoms with Crippen molar-refractivity contribution in [3.8, 4) is 11.1 Å². The first kappa shape index (κ1) is 28.4. The van der Waals surface area contributed by atoms with Crippen LogP contribution in [0.1, 0.15) is 28.4 Å². The van der Waals surface area contributed by atoms with Gasteiger partial charge >= 0.3 is 0 Å². The SMILES string of the molecule is CC1(c2ccccc2-c2ccc(Cl)cc2)CNCCN1c1ccccc1C(=O)c1ccc(S(N)(=O)=O)cc1[N+](=O)[O-]. The highest BCUT2D eigenvalue weighted by Gasteiger charge is 2.39. The Kier molecular flexibility index (Phi) is 7.67. The molecule has 1 atom stereocenters. The summed E-state index contributed by atoms with van der Waals surface area (Å²) in [4.78, 5) is 26.8. The van der Waals surface area contributed by atoms with Crippen LogP contribution in [0.5, 0.6) is 0 Å². The highest BCUT2D eigenvalue weighted by Crippen LogP contribution is 2.41. The quantitative estimate of drug-likeness (QED) is 0.173. The molecule has 4 aromatic carbocycles. The maximum atomic E-state index is 13.9. The molecule has 4 aromatic rings. The van der Waals surface area contributed by atoms with E-state index in [4.69, 9.17) is 16.7 Å². The molecule has 0 spiro atoms. The minimum Gasteiger partial charge on any atom is -0.359 e. The van der Waals surface area contributed by atoms with Crippen molar-refractivity contribution in [3.05, 3.63) is 123 Å². The average Bonchev–Trinajstić information content (AvgIpc) is 2.96. The summed E-state index contributed by atoms with van der Waals surface area (Å²) in [5.41, 5.74) is 2.42. The van der Waals surface area contributed by atoms with E-state index >= 15 is 0 Å². The van der Waals surface area contributed by atoms with Crippen LogP contribution in [0.3, 0.4) is 0 Å². The van der Waals surface area contributed by atoms with E-state index in [0.29, 0.717) is 30.3 Å². The third-order valence-electron chi connectivity index (χ3n) is 7.42. The van der Waals surface area contributed by atoms with Crippen LogP contribution in [-0.2, 0) is 15.6 Å². The zero-order valence-corrected chi connectivity index (χ0v) is 23.7. The second-order valence-electron chi connectivity index (χ2n) is 9.98. The number of anilines is 1. The van der Waals surface area contributed by atoms with Crippen molar-refractivity contribution in [2.24, 2.45) is 5.14 Å². The van der Waals surface area contributed by atoms with Gasteiger partial charge in [-0.25, -0.2) is 13.6 Å². The Morgan fingerprint density at radius 1 is 1.00 bits per heavy atom. The lowest BCUT2D eigenvalue weighted by Crippen LogP contribution is -2.58. The Labute approximate surface area is 242 Å². The number of halogens is 1. The molecule has 1 fully saturated rings. The number of nitrogens with zero attached hydrogens (tertiary/aromatic N) is 2. The van der Waals surface area contributed by atoms with E-state index in [1.165, 1.54) is 0 Å². The van der Waals surface area contributed by atoms with Crippen molar-refractivity contribution >= 4 is 38.8 Å². The smallest absolute Gasteiger partial charge is 0.281 e. The van der Waals surface area contributed by atoms with Gasteiger partial charge in [-0.15, -0.1) is 0 Å². The molecule has 5 rings (SSSR count). The second kappa shape index (κ2) is 11.1. The number of hydrogen-bond donors (Lipinski definition) is 2. The highest BCUT2D eigenvalue weighted by molar-refractivity contribution is 7.89. The fraction of sp³-hybridized carbons (Fsp3) is 0.167. The number of nitro benzene ring substituents is 1. The number of rotatable bonds is 7. The topological polar surface area (TPSA) is 136 Å².